The number of hydrogen-bond donors (Lipinski definition) is 1. The van der Waals surface area contributed by atoms with Crippen molar-refractivity contribution >= 4 is 55.7 Å². The minimum Gasteiger partial charge on any atom is -0.458 e. The highest BCUT2D eigenvalue weighted by molar-refractivity contribution is 9.10. The Hall–Kier alpha value is -3.32. The fraction of sp³-hybridized carbons (Fsp3) is 0.444. The molecule has 12 heteroatoms. The Morgan fingerprint density at radius 1 is 0.896 bits per heavy atom. The van der Waals surface area contributed by atoms with Crippen LogP contribution in [0.5, 0.6) is 0 Å². The van der Waals surface area contributed by atoms with Crippen LogP contribution >= 0.6 is 31.9 Å². The van der Waals surface area contributed by atoms with Crippen molar-refractivity contribution in [3.05, 3.63) is 91.9 Å². The third kappa shape index (κ3) is 5.64. The second-order valence-corrected chi connectivity index (χ2v) is 15.2. The molecule has 2 fully saturated rings. The van der Waals surface area contributed by atoms with Crippen LogP contribution in [0.15, 0.2) is 80.8 Å². The molecular formula is C36H36Br2O10. The normalized spacial score (nSPS) is 36.5. The van der Waals surface area contributed by atoms with E-state index in [0.29, 0.717) is 16.7 Å². The quantitative estimate of drug-likeness (QED) is 0.166. The summed E-state index contributed by atoms with van der Waals surface area (Å²) < 4.78 is 32.1. The van der Waals surface area contributed by atoms with Crippen molar-refractivity contribution in [2.75, 3.05) is 0 Å². The van der Waals surface area contributed by atoms with Gasteiger partial charge < -0.3 is 28.8 Å². The van der Waals surface area contributed by atoms with E-state index in [-0.39, 0.29) is 18.4 Å². The Morgan fingerprint density at radius 2 is 1.46 bits per heavy atom. The summed E-state index contributed by atoms with van der Waals surface area (Å²) in [4.78, 5) is 53.3. The molecule has 2 aliphatic heterocycles. The molecule has 0 aromatic heterocycles. The van der Waals surface area contributed by atoms with Crippen LogP contribution in [-0.2, 0) is 33.3 Å². The van der Waals surface area contributed by atoms with E-state index < -0.39 is 76.9 Å². The van der Waals surface area contributed by atoms with E-state index in [1.54, 1.807) is 75.4 Å². The molecule has 2 aromatic rings. The Bertz CT molecular complexity index is 1720. The SMILES string of the molecule is CC(=O)O[C@H]1[C@H]2C(C)=CC[C@H](OC(=O)c3ccc(Br)cc3)[C@]2(C)[C@@H](O)[C@@H](OC(=O)c2ccc(Br)cc2)C/C(C)=C\[C@@H]2OC(=O)[C@]3(C)O[C@@]213. The van der Waals surface area contributed by atoms with Gasteiger partial charge in [0.1, 0.15) is 24.4 Å². The second-order valence-electron chi connectivity index (χ2n) is 13.3. The number of ether oxygens (including phenoxy) is 5. The predicted octanol–water partition coefficient (Wildman–Crippen LogP) is 6.03. The molecule has 0 unspecified atom stereocenters. The third-order valence-corrected chi connectivity index (χ3v) is 11.3. The summed E-state index contributed by atoms with van der Waals surface area (Å²) in [5.41, 5.74) is -2.42. The molecule has 2 saturated heterocycles. The molecule has 6 rings (SSSR count). The average Bonchev–Trinajstić information content (AvgIpc) is 3.62. The predicted molar refractivity (Wildman–Crippen MR) is 179 cm³/mol. The summed E-state index contributed by atoms with van der Waals surface area (Å²) in [5, 5.41) is 12.6. The lowest BCUT2D eigenvalue weighted by Crippen LogP contribution is -2.63. The molecule has 2 heterocycles. The zero-order valence-corrected chi connectivity index (χ0v) is 30.2. The standard InChI is InChI=1S/C36H36Br2O10/c1-18-16-25(45-31(41)21-7-11-23(37)12-8-21)29(40)34(4)26(46-32(42)22-9-13-24(38)14-10-22)15-6-19(2)28(34)30(44-20(3)39)36-27(17-18)47-33(43)35(36,5)48-36/h6-14,17,25-30,40H,15-16H2,1-5H3/b18-17-/t25-,26-,27-,28+,29-,30-,34-,35-,36-/m0/s1. The number of epoxide rings is 1. The fourth-order valence-corrected chi connectivity index (χ4v) is 8.23. The maximum absolute atomic E-state index is 13.6. The summed E-state index contributed by atoms with van der Waals surface area (Å²) >= 11 is 6.75. The molecular weight excluding hydrogens is 752 g/mol. The Balaban J connectivity index is 1.50. The van der Waals surface area contributed by atoms with Crippen LogP contribution in [0.4, 0.5) is 0 Å². The van der Waals surface area contributed by atoms with Gasteiger partial charge in [-0.3, -0.25) is 4.79 Å². The van der Waals surface area contributed by atoms with Crippen LogP contribution in [-0.4, -0.2) is 70.7 Å². The van der Waals surface area contributed by atoms with Gasteiger partial charge in [-0.1, -0.05) is 56.0 Å². The van der Waals surface area contributed by atoms with Crippen LogP contribution in [0.2, 0.25) is 0 Å². The van der Waals surface area contributed by atoms with E-state index in [2.05, 4.69) is 31.9 Å². The molecule has 10 nitrogen and oxygen atoms in total. The number of benzene rings is 2. The highest BCUT2D eigenvalue weighted by atomic mass is 79.9. The topological polar surface area (TPSA) is 138 Å². The van der Waals surface area contributed by atoms with Crippen molar-refractivity contribution < 1.29 is 48.0 Å². The van der Waals surface area contributed by atoms with Gasteiger partial charge >= 0.3 is 23.9 Å². The number of halogens is 2. The molecule has 0 radical (unpaired) electrons. The van der Waals surface area contributed by atoms with E-state index >= 15 is 0 Å². The number of carbonyl (C=O) groups is 4. The largest absolute Gasteiger partial charge is 0.458 e. The summed E-state index contributed by atoms with van der Waals surface area (Å²) in [7, 11) is 0. The zero-order valence-electron chi connectivity index (χ0n) is 27.0. The maximum Gasteiger partial charge on any atom is 0.342 e. The summed E-state index contributed by atoms with van der Waals surface area (Å²) in [6.07, 6.45) is -1.91. The van der Waals surface area contributed by atoms with E-state index in [1.807, 2.05) is 13.0 Å². The van der Waals surface area contributed by atoms with E-state index in [0.717, 1.165) is 8.95 Å². The van der Waals surface area contributed by atoms with Gasteiger partial charge in [-0.15, -0.1) is 0 Å². The van der Waals surface area contributed by atoms with Gasteiger partial charge in [-0.25, -0.2) is 14.4 Å². The van der Waals surface area contributed by atoms with Crippen LogP contribution < -0.4 is 0 Å². The maximum atomic E-state index is 13.6. The molecule has 9 atom stereocenters. The van der Waals surface area contributed by atoms with Gasteiger partial charge in [0.2, 0.25) is 0 Å². The molecule has 2 aromatic carbocycles. The molecule has 48 heavy (non-hydrogen) atoms. The first-order valence-corrected chi connectivity index (χ1v) is 17.2. The highest BCUT2D eigenvalue weighted by Crippen LogP contribution is 2.65. The number of fused-ring (bicyclic) bond motifs is 1. The minimum absolute atomic E-state index is 0.0565. The van der Waals surface area contributed by atoms with Gasteiger partial charge in [0, 0.05) is 40.0 Å². The number of hydrogen-bond acceptors (Lipinski definition) is 10. The van der Waals surface area contributed by atoms with E-state index in [1.165, 1.54) is 6.92 Å². The van der Waals surface area contributed by atoms with Crippen molar-refractivity contribution in [1.82, 2.24) is 0 Å². The number of carbonyl (C=O) groups excluding carboxylic acids is 4. The molecule has 2 aliphatic carbocycles. The summed E-state index contributed by atoms with van der Waals surface area (Å²) in [6.45, 7) is 8.19. The Morgan fingerprint density at radius 3 is 2.00 bits per heavy atom. The van der Waals surface area contributed by atoms with Crippen LogP contribution in [0, 0.1) is 11.3 Å². The Labute approximate surface area is 295 Å². The molecule has 4 aliphatic rings. The first kappa shape index (κ1) is 34.5. The molecule has 0 amide bonds. The van der Waals surface area contributed by atoms with Gasteiger partial charge in [0.05, 0.1) is 11.1 Å². The van der Waals surface area contributed by atoms with Crippen LogP contribution in [0.25, 0.3) is 0 Å². The lowest BCUT2D eigenvalue weighted by atomic mass is 9.56. The van der Waals surface area contributed by atoms with E-state index in [4.69, 9.17) is 23.7 Å². The average molecular weight is 788 g/mol. The van der Waals surface area contributed by atoms with Crippen molar-refractivity contribution in [2.24, 2.45) is 11.3 Å². The third-order valence-electron chi connectivity index (χ3n) is 10.3. The van der Waals surface area contributed by atoms with Gasteiger partial charge in [0.25, 0.3) is 0 Å². The number of aliphatic hydroxyl groups is 1. The highest BCUT2D eigenvalue weighted by Gasteiger charge is 2.87. The fourth-order valence-electron chi connectivity index (χ4n) is 7.71. The smallest absolute Gasteiger partial charge is 0.342 e. The lowest BCUT2D eigenvalue weighted by Gasteiger charge is -2.53. The Kier molecular flexibility index (Phi) is 9.02. The van der Waals surface area contributed by atoms with Gasteiger partial charge in [-0.05, 0) is 75.4 Å². The van der Waals surface area contributed by atoms with Crippen LogP contribution in [0.3, 0.4) is 0 Å². The van der Waals surface area contributed by atoms with Crippen molar-refractivity contribution in [1.29, 1.82) is 0 Å². The molecule has 254 valence electrons. The monoisotopic (exact) mass is 786 g/mol. The van der Waals surface area contributed by atoms with Crippen molar-refractivity contribution in [3.63, 3.8) is 0 Å². The minimum atomic E-state index is -1.47. The van der Waals surface area contributed by atoms with Gasteiger partial charge in [-0.2, -0.15) is 0 Å². The molecule has 1 N–H and O–H groups in total. The van der Waals surface area contributed by atoms with Gasteiger partial charge in [0.15, 0.2) is 17.3 Å². The number of rotatable bonds is 5. The molecule has 0 bridgehead atoms. The molecule has 0 saturated carbocycles. The first-order chi connectivity index (χ1) is 22.6. The van der Waals surface area contributed by atoms with Crippen LogP contribution in [0.1, 0.15) is 68.2 Å². The number of aliphatic hydroxyl groups excluding tert-OH is 1. The first-order valence-electron chi connectivity index (χ1n) is 15.7. The van der Waals surface area contributed by atoms with Crippen molar-refractivity contribution in [2.45, 2.75) is 89.2 Å². The summed E-state index contributed by atoms with van der Waals surface area (Å²) in [5.74, 6) is -3.42. The lowest BCUT2D eigenvalue weighted by molar-refractivity contribution is -0.187. The second kappa shape index (κ2) is 12.5. The van der Waals surface area contributed by atoms with E-state index in [9.17, 15) is 24.3 Å². The summed E-state index contributed by atoms with van der Waals surface area (Å²) in [6, 6.07) is 13.3. The number of esters is 4. The van der Waals surface area contributed by atoms with Crippen molar-refractivity contribution in [3.8, 4) is 0 Å². The zero-order chi connectivity index (χ0) is 34.8. The molecule has 1 spiro atoms.